The molecule has 66 valence electrons. The molecule has 0 aliphatic rings. The number of hydrogen-bond donors (Lipinski definition) is 3. The number of rotatable bonds is 1. The minimum Gasteiger partial charge on any atom is -0.493 e. The van der Waals surface area contributed by atoms with Gasteiger partial charge in [-0.25, -0.2) is 4.98 Å². The molecule has 0 atom stereocenters. The molecule has 7 nitrogen and oxygen atoms in total. The lowest BCUT2D eigenvalue weighted by atomic mass is 10.5. The molecule has 7 heteroatoms. The number of aromatic nitrogens is 5. The number of hydrogen-bond acceptors (Lipinski definition) is 5. The number of aromatic hydroxyl groups is 1. The normalized spacial score (nSPS) is 10.2. The van der Waals surface area contributed by atoms with E-state index < -0.39 is 5.56 Å². The Morgan fingerprint density at radius 2 is 2.23 bits per heavy atom. The van der Waals surface area contributed by atoms with Crippen molar-refractivity contribution in [2.75, 3.05) is 0 Å². The molecule has 0 bridgehead atoms. The van der Waals surface area contributed by atoms with Crippen LogP contribution in [-0.4, -0.2) is 30.3 Å². The summed E-state index contributed by atoms with van der Waals surface area (Å²) in [6.07, 6.45) is 1.28. The van der Waals surface area contributed by atoms with Gasteiger partial charge in [-0.2, -0.15) is 10.1 Å². The molecule has 0 amide bonds. The Morgan fingerprint density at radius 3 is 2.85 bits per heavy atom. The summed E-state index contributed by atoms with van der Waals surface area (Å²) in [7, 11) is 0. The zero-order valence-corrected chi connectivity index (χ0v) is 6.35. The second kappa shape index (κ2) is 2.70. The second-order valence-electron chi connectivity index (χ2n) is 2.29. The smallest absolute Gasteiger partial charge is 0.255 e. The van der Waals surface area contributed by atoms with Crippen molar-refractivity contribution in [1.82, 2.24) is 25.1 Å². The van der Waals surface area contributed by atoms with E-state index in [0.717, 1.165) is 6.07 Å². The Labute approximate surface area is 71.5 Å². The highest BCUT2D eigenvalue weighted by Crippen LogP contribution is 2.07. The molecule has 0 fully saturated rings. The largest absolute Gasteiger partial charge is 0.493 e. The molecular weight excluding hydrogens is 174 g/mol. The SMILES string of the molecule is O=c1cc(O)nc(-c2ncn[nH]2)[nH]1. The van der Waals surface area contributed by atoms with Crippen LogP contribution in [0.3, 0.4) is 0 Å². The number of nitrogens with one attached hydrogen (secondary N) is 2. The van der Waals surface area contributed by atoms with Crippen molar-refractivity contribution >= 4 is 0 Å². The molecule has 0 aliphatic carbocycles. The maximum Gasteiger partial charge on any atom is 0.255 e. The van der Waals surface area contributed by atoms with Gasteiger partial charge in [0.1, 0.15) is 6.33 Å². The van der Waals surface area contributed by atoms with Gasteiger partial charge in [0.15, 0.2) is 11.6 Å². The molecule has 0 spiro atoms. The number of aromatic amines is 2. The van der Waals surface area contributed by atoms with Crippen LogP contribution in [0, 0.1) is 0 Å². The minimum atomic E-state index is -0.445. The van der Waals surface area contributed by atoms with Crippen molar-refractivity contribution in [3.63, 3.8) is 0 Å². The molecule has 0 aromatic carbocycles. The number of H-pyrrole nitrogens is 2. The Balaban J connectivity index is 2.59. The van der Waals surface area contributed by atoms with E-state index in [2.05, 4.69) is 25.1 Å². The molecule has 2 heterocycles. The molecule has 0 unspecified atom stereocenters. The maximum atomic E-state index is 10.9. The fraction of sp³-hybridized carbons (Fsp3) is 0. The van der Waals surface area contributed by atoms with E-state index in [1.807, 2.05) is 0 Å². The zero-order chi connectivity index (χ0) is 9.26. The summed E-state index contributed by atoms with van der Waals surface area (Å²) in [5.74, 6) is 0.102. The summed E-state index contributed by atoms with van der Waals surface area (Å²) in [5.41, 5.74) is -0.445. The van der Waals surface area contributed by atoms with Crippen LogP contribution in [-0.2, 0) is 0 Å². The molecule has 0 saturated carbocycles. The van der Waals surface area contributed by atoms with Gasteiger partial charge in [0.05, 0.1) is 6.07 Å². The second-order valence-corrected chi connectivity index (χ2v) is 2.29. The number of nitrogens with zero attached hydrogens (tertiary/aromatic N) is 3. The Morgan fingerprint density at radius 1 is 1.38 bits per heavy atom. The highest BCUT2D eigenvalue weighted by Gasteiger charge is 2.04. The third kappa shape index (κ3) is 1.39. The summed E-state index contributed by atoms with van der Waals surface area (Å²) in [4.78, 5) is 20.7. The van der Waals surface area contributed by atoms with Crippen molar-refractivity contribution in [2.45, 2.75) is 0 Å². The van der Waals surface area contributed by atoms with Crippen LogP contribution >= 0.6 is 0 Å². The van der Waals surface area contributed by atoms with Crippen molar-refractivity contribution < 1.29 is 5.11 Å². The lowest BCUT2D eigenvalue weighted by Gasteiger charge is -1.94. The fourth-order valence-electron chi connectivity index (χ4n) is 0.877. The van der Waals surface area contributed by atoms with Crippen molar-refractivity contribution in [3.05, 3.63) is 22.7 Å². The fourth-order valence-corrected chi connectivity index (χ4v) is 0.877. The molecule has 13 heavy (non-hydrogen) atoms. The molecular formula is C6H5N5O2. The molecule has 3 N–H and O–H groups in total. The van der Waals surface area contributed by atoms with Gasteiger partial charge in [0.2, 0.25) is 5.88 Å². The first-order valence-electron chi connectivity index (χ1n) is 3.42. The Kier molecular flexibility index (Phi) is 1.55. The lowest BCUT2D eigenvalue weighted by Crippen LogP contribution is -2.07. The predicted molar refractivity (Wildman–Crippen MR) is 41.9 cm³/mol. The molecule has 0 radical (unpaired) electrons. The topological polar surface area (TPSA) is 108 Å². The van der Waals surface area contributed by atoms with Crippen LogP contribution in [0.25, 0.3) is 11.6 Å². The van der Waals surface area contributed by atoms with Gasteiger partial charge < -0.3 is 10.1 Å². The van der Waals surface area contributed by atoms with E-state index >= 15 is 0 Å². The first kappa shape index (κ1) is 7.47. The maximum absolute atomic E-state index is 10.9. The van der Waals surface area contributed by atoms with Gasteiger partial charge in [-0.05, 0) is 0 Å². The first-order chi connectivity index (χ1) is 6.25. The Hall–Kier alpha value is -2.18. The Bertz CT molecular complexity index is 460. The first-order valence-corrected chi connectivity index (χ1v) is 3.42. The van der Waals surface area contributed by atoms with E-state index in [1.165, 1.54) is 6.33 Å². The van der Waals surface area contributed by atoms with Gasteiger partial charge in [-0.3, -0.25) is 9.89 Å². The third-order valence-electron chi connectivity index (χ3n) is 1.37. The van der Waals surface area contributed by atoms with Gasteiger partial charge in [0, 0.05) is 0 Å². The van der Waals surface area contributed by atoms with E-state index in [-0.39, 0.29) is 11.7 Å². The molecule has 0 saturated heterocycles. The lowest BCUT2D eigenvalue weighted by molar-refractivity contribution is 0.451. The van der Waals surface area contributed by atoms with E-state index in [9.17, 15) is 4.79 Å². The molecule has 0 aliphatic heterocycles. The average molecular weight is 179 g/mol. The van der Waals surface area contributed by atoms with Crippen LogP contribution in [0.15, 0.2) is 17.2 Å². The molecule has 2 rings (SSSR count). The summed E-state index contributed by atoms with van der Waals surface area (Å²) in [6, 6.07) is 0.972. The highest BCUT2D eigenvalue weighted by molar-refractivity contribution is 5.41. The predicted octanol–water partition coefficient (Wildman–Crippen LogP) is -0.739. The highest BCUT2D eigenvalue weighted by atomic mass is 16.3. The van der Waals surface area contributed by atoms with E-state index in [0.29, 0.717) is 5.82 Å². The van der Waals surface area contributed by atoms with Crippen LogP contribution in [0.4, 0.5) is 0 Å². The van der Waals surface area contributed by atoms with Crippen LogP contribution < -0.4 is 5.56 Å². The standard InChI is InChI=1S/C6H5N5O2/c12-3-1-4(13)10-6(9-3)5-7-2-8-11-5/h1-2H,(H,7,8,11)(H2,9,10,12,13). The third-order valence-corrected chi connectivity index (χ3v) is 1.37. The van der Waals surface area contributed by atoms with Crippen molar-refractivity contribution in [2.24, 2.45) is 0 Å². The van der Waals surface area contributed by atoms with Gasteiger partial charge in [-0.15, -0.1) is 0 Å². The average Bonchev–Trinajstić information content (AvgIpc) is 2.53. The van der Waals surface area contributed by atoms with E-state index in [4.69, 9.17) is 5.11 Å². The van der Waals surface area contributed by atoms with Crippen molar-refractivity contribution in [1.29, 1.82) is 0 Å². The summed E-state index contributed by atoms with van der Waals surface area (Å²) < 4.78 is 0. The van der Waals surface area contributed by atoms with E-state index in [1.54, 1.807) is 0 Å². The van der Waals surface area contributed by atoms with Crippen LogP contribution in [0.1, 0.15) is 0 Å². The summed E-state index contributed by atoms with van der Waals surface area (Å²) in [6.45, 7) is 0. The van der Waals surface area contributed by atoms with Crippen molar-refractivity contribution in [3.8, 4) is 17.5 Å². The van der Waals surface area contributed by atoms with Crippen LogP contribution in [0.5, 0.6) is 5.88 Å². The summed E-state index contributed by atoms with van der Waals surface area (Å²) >= 11 is 0. The zero-order valence-electron chi connectivity index (χ0n) is 6.35. The minimum absolute atomic E-state index is 0.155. The van der Waals surface area contributed by atoms with Crippen LogP contribution in [0.2, 0.25) is 0 Å². The quantitative estimate of drug-likeness (QED) is 0.534. The van der Waals surface area contributed by atoms with Gasteiger partial charge in [0.25, 0.3) is 5.56 Å². The summed E-state index contributed by atoms with van der Waals surface area (Å²) in [5, 5.41) is 15.1. The van der Waals surface area contributed by atoms with Gasteiger partial charge in [-0.1, -0.05) is 0 Å². The molecule has 2 aromatic rings. The van der Waals surface area contributed by atoms with Gasteiger partial charge >= 0.3 is 0 Å². The monoisotopic (exact) mass is 179 g/mol. The molecule has 2 aromatic heterocycles.